The van der Waals surface area contributed by atoms with E-state index in [1.807, 2.05) is 36.2 Å². The number of benzene rings is 3. The molecule has 5 aliphatic heterocycles. The number of halogens is 1. The van der Waals surface area contributed by atoms with Crippen LogP contribution < -0.4 is 34.8 Å². The average Bonchev–Trinajstić information content (AvgIpc) is 3.89. The van der Waals surface area contributed by atoms with Crippen LogP contribution in [0, 0.1) is 12.8 Å². The zero-order valence-electron chi connectivity index (χ0n) is 39.5. The SMILES string of the molecule is COc1cc(N2CCC(N3CCN(C(=O)[C@H]4C[C@H](N(C)c5ccc6c(c5)C(=O)N(C5CCC(=O)NC5=O)C6=O)C4)CC3)CC2)c(C)cc1Nc1ncc(Br)c(Nc2cccc3c2N(S(C)(=O)=O)CC3)n1. The van der Waals surface area contributed by atoms with Gasteiger partial charge in [-0.3, -0.25) is 43.4 Å². The van der Waals surface area contributed by atoms with Crippen LogP contribution in [0.2, 0.25) is 0 Å². The van der Waals surface area contributed by atoms with Crippen molar-refractivity contribution in [2.75, 3.05) is 91.0 Å². The maximum atomic E-state index is 13.7. The molecule has 19 nitrogen and oxygen atoms in total. The molecule has 70 heavy (non-hydrogen) atoms. The number of aromatic nitrogens is 2. The number of fused-ring (bicyclic) bond motifs is 2. The topological polar surface area (TPSA) is 210 Å². The summed E-state index contributed by atoms with van der Waals surface area (Å²) in [7, 11) is 0.118. The highest BCUT2D eigenvalue weighted by Gasteiger charge is 2.46. The maximum Gasteiger partial charge on any atom is 0.262 e. The van der Waals surface area contributed by atoms with Gasteiger partial charge in [0.05, 0.1) is 46.0 Å². The molecule has 4 aromatic rings. The predicted octanol–water partition coefficient (Wildman–Crippen LogP) is 4.79. The first-order valence-electron chi connectivity index (χ1n) is 23.8. The third kappa shape index (κ3) is 8.91. The lowest BCUT2D eigenvalue weighted by Crippen LogP contribution is -2.57. The van der Waals surface area contributed by atoms with Gasteiger partial charge in [0.1, 0.15) is 17.6 Å². The van der Waals surface area contributed by atoms with Crippen LogP contribution in [0.4, 0.5) is 40.2 Å². The third-order valence-electron chi connectivity index (χ3n) is 14.9. The standard InChI is InChI=1S/C49H56BrN11O8S/c1-28-22-38(53-49-51-27-36(50)44(55-49)52-37-7-5-6-29-12-17-60(43(29)37)70(4,67)68)41(69-3)26-40(28)58-15-13-31(14-16-58)57-18-20-59(21-19-57)46(64)30-23-33(24-30)56(2)32-8-9-34-35(25-32)48(66)61(47(34)65)39-10-11-42(62)54-45(39)63/h5-9,22,25-27,30-31,33,39H,10-21,23-24H2,1-4H3,(H,54,62,63)(H2,51,52,53,55)/t30-,33-,39?. The predicted molar refractivity (Wildman–Crippen MR) is 268 cm³/mol. The van der Waals surface area contributed by atoms with Crippen molar-refractivity contribution in [2.24, 2.45) is 5.92 Å². The number of nitrogens with zero attached hydrogens (tertiary/aromatic N) is 8. The Bertz CT molecular complexity index is 2920. The number of imide groups is 2. The smallest absolute Gasteiger partial charge is 0.262 e. The Labute approximate surface area is 415 Å². The number of aryl methyl sites for hydroxylation is 1. The van der Waals surface area contributed by atoms with Crippen LogP contribution in [0.5, 0.6) is 5.75 Å². The Hall–Kier alpha value is -6.32. The lowest BCUT2D eigenvalue weighted by Gasteiger charge is -2.46. The summed E-state index contributed by atoms with van der Waals surface area (Å²) in [5.41, 5.74) is 6.35. The van der Waals surface area contributed by atoms with Gasteiger partial charge in [0, 0.05) is 101 Å². The minimum absolute atomic E-state index is 0.0637. The molecular weight excluding hydrogens is 983 g/mol. The molecule has 6 heterocycles. The van der Waals surface area contributed by atoms with Crippen LogP contribution in [0.1, 0.15) is 70.4 Å². The molecule has 3 N–H and O–H groups in total. The summed E-state index contributed by atoms with van der Waals surface area (Å²) in [6.07, 6.45) is 7.05. The number of piperidine rings is 2. The van der Waals surface area contributed by atoms with E-state index in [4.69, 9.17) is 9.72 Å². The molecule has 1 atom stereocenters. The van der Waals surface area contributed by atoms with Gasteiger partial charge in [-0.05, 0) is 103 Å². The molecule has 0 spiro atoms. The molecule has 1 aromatic heterocycles. The lowest BCUT2D eigenvalue weighted by atomic mass is 9.78. The van der Waals surface area contributed by atoms with Crippen molar-refractivity contribution in [2.45, 2.75) is 70.0 Å². The number of carbonyl (C=O) groups is 5. The van der Waals surface area contributed by atoms with Crippen molar-refractivity contribution in [3.63, 3.8) is 0 Å². The zero-order valence-corrected chi connectivity index (χ0v) is 41.9. The van der Waals surface area contributed by atoms with Crippen LogP contribution in [-0.2, 0) is 30.8 Å². The second kappa shape index (κ2) is 18.8. The number of sulfonamides is 1. The number of carbonyl (C=O) groups excluding carboxylic acids is 5. The van der Waals surface area contributed by atoms with E-state index in [0.29, 0.717) is 84.0 Å². The van der Waals surface area contributed by atoms with Crippen LogP contribution in [0.15, 0.2) is 59.2 Å². The number of piperazine rings is 1. The highest BCUT2D eigenvalue weighted by atomic mass is 79.9. The van der Waals surface area contributed by atoms with Crippen molar-refractivity contribution >= 4 is 95.7 Å². The minimum Gasteiger partial charge on any atom is -0.494 e. The molecule has 4 fully saturated rings. The number of para-hydroxylation sites is 1. The van der Waals surface area contributed by atoms with E-state index in [1.165, 1.54) is 10.6 Å². The van der Waals surface area contributed by atoms with Crippen LogP contribution in [-0.4, -0.2) is 147 Å². The van der Waals surface area contributed by atoms with Gasteiger partial charge in [0.25, 0.3) is 11.8 Å². The Morgan fingerprint density at radius 2 is 1.63 bits per heavy atom. The first kappa shape index (κ1) is 47.4. The van der Waals surface area contributed by atoms with Crippen LogP contribution in [0.25, 0.3) is 0 Å². The number of rotatable bonds is 12. The van der Waals surface area contributed by atoms with Crippen molar-refractivity contribution in [1.29, 1.82) is 0 Å². The van der Waals surface area contributed by atoms with E-state index in [9.17, 15) is 32.4 Å². The Balaban J connectivity index is 0.700. The van der Waals surface area contributed by atoms with E-state index >= 15 is 0 Å². The van der Waals surface area contributed by atoms with Crippen molar-refractivity contribution in [1.82, 2.24) is 30.0 Å². The van der Waals surface area contributed by atoms with Gasteiger partial charge in [0.2, 0.25) is 33.7 Å². The summed E-state index contributed by atoms with van der Waals surface area (Å²) < 4.78 is 33.1. The van der Waals surface area contributed by atoms with Crippen molar-refractivity contribution in [3.05, 3.63) is 81.5 Å². The van der Waals surface area contributed by atoms with Crippen LogP contribution >= 0.6 is 15.9 Å². The fraction of sp³-hybridized carbons (Fsp3) is 0.449. The van der Waals surface area contributed by atoms with Gasteiger partial charge in [0.15, 0.2) is 0 Å². The van der Waals surface area contributed by atoms with Gasteiger partial charge in [-0.2, -0.15) is 4.98 Å². The van der Waals surface area contributed by atoms with Crippen molar-refractivity contribution in [3.8, 4) is 5.75 Å². The fourth-order valence-corrected chi connectivity index (χ4v) is 12.2. The first-order valence-corrected chi connectivity index (χ1v) is 26.4. The molecule has 21 heteroatoms. The molecule has 0 bridgehead atoms. The fourth-order valence-electron chi connectivity index (χ4n) is 10.9. The second-order valence-electron chi connectivity index (χ2n) is 19.1. The van der Waals surface area contributed by atoms with Gasteiger partial charge in [-0.25, -0.2) is 13.4 Å². The minimum atomic E-state index is -3.46. The quantitative estimate of drug-likeness (QED) is 0.163. The lowest BCUT2D eigenvalue weighted by molar-refractivity contribution is -0.141. The van der Waals surface area contributed by atoms with E-state index in [2.05, 4.69) is 64.6 Å². The Morgan fingerprint density at radius 3 is 2.34 bits per heavy atom. The second-order valence-corrected chi connectivity index (χ2v) is 21.8. The average molecular weight is 1040 g/mol. The summed E-state index contributed by atoms with van der Waals surface area (Å²) in [5.74, 6) is -0.532. The summed E-state index contributed by atoms with van der Waals surface area (Å²) >= 11 is 3.56. The molecule has 10 rings (SSSR count). The summed E-state index contributed by atoms with van der Waals surface area (Å²) in [4.78, 5) is 83.7. The number of hydrogen-bond donors (Lipinski definition) is 3. The molecule has 1 saturated carbocycles. The molecule has 0 radical (unpaired) electrons. The zero-order chi connectivity index (χ0) is 49.2. The molecular formula is C49H56BrN11O8S. The molecule has 3 aromatic carbocycles. The molecule has 5 amide bonds. The number of nitrogens with one attached hydrogen (secondary N) is 3. The molecule has 1 unspecified atom stereocenters. The van der Waals surface area contributed by atoms with E-state index in [1.54, 1.807) is 31.5 Å². The van der Waals surface area contributed by atoms with Gasteiger partial charge >= 0.3 is 0 Å². The molecule has 3 saturated heterocycles. The summed E-state index contributed by atoms with van der Waals surface area (Å²) in [6, 6.07) is 14.4. The number of anilines is 7. The molecule has 6 aliphatic rings. The Kier molecular flexibility index (Phi) is 12.7. The normalized spacial score (nSPS) is 21.9. The van der Waals surface area contributed by atoms with Crippen molar-refractivity contribution < 1.29 is 37.1 Å². The highest BCUT2D eigenvalue weighted by molar-refractivity contribution is 9.10. The molecule has 1 aliphatic carbocycles. The monoisotopic (exact) mass is 1040 g/mol. The maximum absolute atomic E-state index is 13.7. The van der Waals surface area contributed by atoms with E-state index in [0.717, 1.165) is 66.4 Å². The third-order valence-corrected chi connectivity index (χ3v) is 16.6. The number of amides is 5. The van der Waals surface area contributed by atoms with Crippen LogP contribution in [0.3, 0.4) is 0 Å². The van der Waals surface area contributed by atoms with Gasteiger partial charge in [-0.15, -0.1) is 0 Å². The summed E-state index contributed by atoms with van der Waals surface area (Å²) in [6.45, 7) is 7.30. The first-order chi connectivity index (χ1) is 33.6. The molecule has 368 valence electrons. The van der Waals surface area contributed by atoms with Gasteiger partial charge in [-0.1, -0.05) is 12.1 Å². The van der Waals surface area contributed by atoms with E-state index in [-0.39, 0.29) is 41.8 Å². The number of ether oxygens (including phenoxy) is 1. The largest absolute Gasteiger partial charge is 0.494 e. The Morgan fingerprint density at radius 1 is 0.886 bits per heavy atom. The highest BCUT2D eigenvalue weighted by Crippen LogP contribution is 2.42. The summed E-state index contributed by atoms with van der Waals surface area (Å²) in [5, 5.41) is 8.90. The number of methoxy groups -OCH3 is 1. The van der Waals surface area contributed by atoms with Gasteiger partial charge < -0.3 is 30.1 Å². The number of hydrogen-bond acceptors (Lipinski definition) is 15. The van der Waals surface area contributed by atoms with E-state index < -0.39 is 39.7 Å².